The Labute approximate surface area is 155 Å². The van der Waals surface area contributed by atoms with Gasteiger partial charge in [-0.05, 0) is 23.8 Å². The molecule has 3 aromatic rings. The van der Waals surface area contributed by atoms with Crippen LogP contribution in [0, 0.1) is 10.1 Å². The van der Waals surface area contributed by atoms with Crippen molar-refractivity contribution >= 4 is 44.0 Å². The van der Waals surface area contributed by atoms with Crippen molar-refractivity contribution in [3.05, 3.63) is 85.3 Å². The standard InChI is InChI=1S/C17H12BrN3O3S/c18-12-7-5-11(6-8-12)9-13-10-19-17(25-13)20-16(22)14-3-1-2-4-15(14)21(23)24/h1-8,10H,9H2,(H,19,20,22). The van der Waals surface area contributed by atoms with Gasteiger partial charge in [0, 0.05) is 28.0 Å². The maximum atomic E-state index is 12.3. The van der Waals surface area contributed by atoms with Crippen LogP contribution in [0.2, 0.25) is 0 Å². The summed E-state index contributed by atoms with van der Waals surface area (Å²) in [6, 6.07) is 13.8. The van der Waals surface area contributed by atoms with Crippen molar-refractivity contribution in [2.45, 2.75) is 6.42 Å². The van der Waals surface area contributed by atoms with Gasteiger partial charge in [0.1, 0.15) is 5.56 Å². The van der Waals surface area contributed by atoms with Gasteiger partial charge in [-0.25, -0.2) is 4.98 Å². The number of para-hydroxylation sites is 1. The van der Waals surface area contributed by atoms with E-state index in [2.05, 4.69) is 26.2 Å². The van der Waals surface area contributed by atoms with Crippen LogP contribution in [0.15, 0.2) is 59.2 Å². The zero-order chi connectivity index (χ0) is 17.8. The SMILES string of the molecule is O=C(Nc1ncc(Cc2ccc(Br)cc2)s1)c1ccccc1[N+](=O)[O-]. The predicted molar refractivity (Wildman–Crippen MR) is 100 cm³/mol. The van der Waals surface area contributed by atoms with E-state index in [1.54, 1.807) is 12.3 Å². The zero-order valence-corrected chi connectivity index (χ0v) is 15.2. The van der Waals surface area contributed by atoms with Gasteiger partial charge in [0.15, 0.2) is 5.13 Å². The van der Waals surface area contributed by atoms with Crippen LogP contribution in [0.5, 0.6) is 0 Å². The largest absolute Gasteiger partial charge is 0.298 e. The molecule has 6 nitrogen and oxygen atoms in total. The molecule has 0 radical (unpaired) electrons. The van der Waals surface area contributed by atoms with Crippen LogP contribution < -0.4 is 5.32 Å². The minimum atomic E-state index is -0.574. The normalized spacial score (nSPS) is 10.4. The summed E-state index contributed by atoms with van der Waals surface area (Å²) in [5.41, 5.74) is 0.909. The highest BCUT2D eigenvalue weighted by molar-refractivity contribution is 9.10. The second kappa shape index (κ2) is 7.54. The number of hydrogen-bond donors (Lipinski definition) is 1. The van der Waals surface area contributed by atoms with E-state index in [-0.39, 0.29) is 11.3 Å². The molecule has 0 saturated carbocycles. The number of amides is 1. The fourth-order valence-electron chi connectivity index (χ4n) is 2.24. The number of nitrogens with zero attached hydrogens (tertiary/aromatic N) is 2. The second-order valence-electron chi connectivity index (χ2n) is 5.16. The van der Waals surface area contributed by atoms with Gasteiger partial charge in [0.25, 0.3) is 11.6 Å². The lowest BCUT2D eigenvalue weighted by Gasteiger charge is -2.02. The summed E-state index contributed by atoms with van der Waals surface area (Å²) in [6.07, 6.45) is 2.40. The van der Waals surface area contributed by atoms with E-state index in [1.165, 1.54) is 29.5 Å². The second-order valence-corrected chi connectivity index (χ2v) is 7.19. The summed E-state index contributed by atoms with van der Waals surface area (Å²) in [5, 5.41) is 14.1. The number of carbonyl (C=O) groups is 1. The Morgan fingerprint density at radius 3 is 2.64 bits per heavy atom. The highest BCUT2D eigenvalue weighted by Crippen LogP contribution is 2.24. The van der Waals surface area contributed by atoms with Gasteiger partial charge in [-0.3, -0.25) is 20.2 Å². The molecule has 0 aliphatic carbocycles. The third kappa shape index (κ3) is 4.28. The molecule has 0 unspecified atom stereocenters. The number of carbonyl (C=O) groups excluding carboxylic acids is 1. The Balaban J connectivity index is 1.72. The molecule has 1 aromatic heterocycles. The minimum Gasteiger partial charge on any atom is -0.298 e. The molecule has 0 spiro atoms. The summed E-state index contributed by atoms with van der Waals surface area (Å²) in [6.45, 7) is 0. The monoisotopic (exact) mass is 417 g/mol. The predicted octanol–water partition coefficient (Wildman–Crippen LogP) is 4.66. The van der Waals surface area contributed by atoms with Gasteiger partial charge >= 0.3 is 0 Å². The Morgan fingerprint density at radius 1 is 1.20 bits per heavy atom. The summed E-state index contributed by atoms with van der Waals surface area (Å²) in [4.78, 5) is 27.9. The van der Waals surface area contributed by atoms with E-state index in [4.69, 9.17) is 0 Å². The Bertz CT molecular complexity index is 925. The number of hydrogen-bond acceptors (Lipinski definition) is 5. The molecule has 1 heterocycles. The minimum absolute atomic E-state index is 0.0113. The van der Waals surface area contributed by atoms with Crippen molar-refractivity contribution < 1.29 is 9.72 Å². The third-order valence-corrected chi connectivity index (χ3v) is 4.85. The van der Waals surface area contributed by atoms with Gasteiger partial charge in [0.05, 0.1) is 4.92 Å². The topological polar surface area (TPSA) is 85.1 Å². The number of anilines is 1. The van der Waals surface area contributed by atoms with E-state index >= 15 is 0 Å². The van der Waals surface area contributed by atoms with Crippen molar-refractivity contribution in [2.75, 3.05) is 5.32 Å². The lowest BCUT2D eigenvalue weighted by atomic mass is 10.1. The zero-order valence-electron chi connectivity index (χ0n) is 12.8. The van der Waals surface area contributed by atoms with Crippen LogP contribution >= 0.6 is 27.3 Å². The summed E-state index contributed by atoms with van der Waals surface area (Å²) >= 11 is 4.74. The molecular formula is C17H12BrN3O3S. The number of nitrogens with one attached hydrogen (secondary N) is 1. The summed E-state index contributed by atoms with van der Waals surface area (Å²) < 4.78 is 1.01. The van der Waals surface area contributed by atoms with Crippen LogP contribution in [0.1, 0.15) is 20.8 Å². The van der Waals surface area contributed by atoms with Gasteiger partial charge in [0.2, 0.25) is 0 Å². The first-order valence-electron chi connectivity index (χ1n) is 7.27. The van der Waals surface area contributed by atoms with Crippen LogP contribution in [-0.2, 0) is 6.42 Å². The van der Waals surface area contributed by atoms with Crippen LogP contribution in [-0.4, -0.2) is 15.8 Å². The molecule has 0 bridgehead atoms. The molecule has 0 aliphatic rings. The smallest absolute Gasteiger partial charge is 0.282 e. The quantitative estimate of drug-likeness (QED) is 0.483. The maximum absolute atomic E-state index is 12.3. The third-order valence-electron chi connectivity index (χ3n) is 3.41. The molecule has 0 aliphatic heterocycles. The summed E-state index contributed by atoms with van der Waals surface area (Å²) in [7, 11) is 0. The number of benzene rings is 2. The number of nitro groups is 1. The number of rotatable bonds is 5. The van der Waals surface area contributed by atoms with Gasteiger partial charge in [-0.15, -0.1) is 11.3 Å². The van der Waals surface area contributed by atoms with Crippen LogP contribution in [0.3, 0.4) is 0 Å². The maximum Gasteiger partial charge on any atom is 0.282 e. The molecule has 126 valence electrons. The number of thiazole rings is 1. The Morgan fingerprint density at radius 2 is 1.92 bits per heavy atom. The Hall–Kier alpha value is -2.58. The number of aromatic nitrogens is 1. The first kappa shape index (κ1) is 17.2. The van der Waals surface area contributed by atoms with E-state index in [9.17, 15) is 14.9 Å². The van der Waals surface area contributed by atoms with Crippen molar-refractivity contribution in [1.29, 1.82) is 0 Å². The number of halogens is 1. The van der Waals surface area contributed by atoms with Gasteiger partial charge in [-0.1, -0.05) is 40.2 Å². The first-order chi connectivity index (χ1) is 12.0. The van der Waals surface area contributed by atoms with Crippen molar-refractivity contribution in [3.63, 3.8) is 0 Å². The highest BCUT2D eigenvalue weighted by atomic mass is 79.9. The molecular weight excluding hydrogens is 406 g/mol. The lowest BCUT2D eigenvalue weighted by Crippen LogP contribution is -2.13. The highest BCUT2D eigenvalue weighted by Gasteiger charge is 2.20. The molecule has 0 atom stereocenters. The van der Waals surface area contributed by atoms with Crippen molar-refractivity contribution in [3.8, 4) is 0 Å². The summed E-state index contributed by atoms with van der Waals surface area (Å²) in [5.74, 6) is -0.545. The average Bonchev–Trinajstić information content (AvgIpc) is 3.03. The number of nitro benzene ring substituents is 1. The van der Waals surface area contributed by atoms with E-state index in [0.29, 0.717) is 11.6 Å². The van der Waals surface area contributed by atoms with Gasteiger partial charge in [-0.2, -0.15) is 0 Å². The van der Waals surface area contributed by atoms with Crippen LogP contribution in [0.4, 0.5) is 10.8 Å². The Kier molecular flexibility index (Phi) is 5.20. The first-order valence-corrected chi connectivity index (χ1v) is 8.88. The molecule has 3 rings (SSSR count). The average molecular weight is 418 g/mol. The molecule has 2 aromatic carbocycles. The molecule has 1 amide bonds. The van der Waals surface area contributed by atoms with E-state index < -0.39 is 10.8 Å². The van der Waals surface area contributed by atoms with Crippen molar-refractivity contribution in [1.82, 2.24) is 4.98 Å². The van der Waals surface area contributed by atoms with E-state index in [0.717, 1.165) is 14.9 Å². The lowest BCUT2D eigenvalue weighted by molar-refractivity contribution is -0.385. The van der Waals surface area contributed by atoms with Crippen molar-refractivity contribution in [2.24, 2.45) is 0 Å². The fraction of sp³-hybridized carbons (Fsp3) is 0.0588. The fourth-order valence-corrected chi connectivity index (χ4v) is 3.35. The molecule has 8 heteroatoms. The van der Waals surface area contributed by atoms with E-state index in [1.807, 2.05) is 24.3 Å². The molecule has 0 fully saturated rings. The molecule has 0 saturated heterocycles. The van der Waals surface area contributed by atoms with Gasteiger partial charge < -0.3 is 0 Å². The molecule has 1 N–H and O–H groups in total. The van der Waals surface area contributed by atoms with Crippen LogP contribution in [0.25, 0.3) is 0 Å². The molecule has 25 heavy (non-hydrogen) atoms.